The fourth-order valence-electron chi connectivity index (χ4n) is 2.13. The van der Waals surface area contributed by atoms with Gasteiger partial charge in [0.1, 0.15) is 18.1 Å². The Balaban J connectivity index is 1.83. The maximum atomic E-state index is 13.5. The largest absolute Gasteiger partial charge is 0.497 e. The second-order valence-corrected chi connectivity index (χ2v) is 5.52. The second-order valence-electron chi connectivity index (χ2n) is 5.52. The molecular formula is C19H19FN2O5. The summed E-state index contributed by atoms with van der Waals surface area (Å²) in [7, 11) is 1.50. The number of methoxy groups -OCH3 is 1. The molecule has 2 rings (SSSR count). The van der Waals surface area contributed by atoms with Crippen molar-refractivity contribution in [3.63, 3.8) is 0 Å². The first-order valence-corrected chi connectivity index (χ1v) is 8.08. The lowest BCUT2D eigenvalue weighted by atomic mass is 10.2. The summed E-state index contributed by atoms with van der Waals surface area (Å²) in [4.78, 5) is 35.7. The van der Waals surface area contributed by atoms with E-state index in [1.165, 1.54) is 32.2 Å². The Hall–Kier alpha value is -3.42. The molecule has 0 radical (unpaired) electrons. The van der Waals surface area contributed by atoms with Crippen molar-refractivity contribution in [2.45, 2.75) is 13.0 Å². The molecule has 0 spiro atoms. The van der Waals surface area contributed by atoms with Crippen LogP contribution in [0.3, 0.4) is 0 Å². The molecule has 2 aromatic rings. The van der Waals surface area contributed by atoms with E-state index in [0.29, 0.717) is 11.4 Å². The zero-order valence-corrected chi connectivity index (χ0v) is 14.8. The van der Waals surface area contributed by atoms with Gasteiger partial charge < -0.3 is 20.1 Å². The van der Waals surface area contributed by atoms with Crippen molar-refractivity contribution < 1.29 is 28.2 Å². The number of hydrogen-bond acceptors (Lipinski definition) is 5. The van der Waals surface area contributed by atoms with Crippen LogP contribution in [0.25, 0.3) is 0 Å². The fraction of sp³-hybridized carbons (Fsp3) is 0.211. The molecule has 2 aromatic carbocycles. The zero-order valence-electron chi connectivity index (χ0n) is 14.8. The van der Waals surface area contributed by atoms with Gasteiger partial charge in [0.05, 0.1) is 12.7 Å². The van der Waals surface area contributed by atoms with Crippen LogP contribution < -0.4 is 15.4 Å². The molecule has 0 aliphatic heterocycles. The number of benzene rings is 2. The van der Waals surface area contributed by atoms with E-state index in [4.69, 9.17) is 9.47 Å². The fourth-order valence-corrected chi connectivity index (χ4v) is 2.13. The van der Waals surface area contributed by atoms with Crippen molar-refractivity contribution in [2.24, 2.45) is 0 Å². The molecule has 0 saturated carbocycles. The number of anilines is 1. The monoisotopic (exact) mass is 374 g/mol. The first-order valence-electron chi connectivity index (χ1n) is 8.08. The van der Waals surface area contributed by atoms with Crippen LogP contribution in [0.15, 0.2) is 48.5 Å². The zero-order chi connectivity index (χ0) is 19.8. The Morgan fingerprint density at radius 3 is 2.56 bits per heavy atom. The van der Waals surface area contributed by atoms with Crippen LogP contribution in [0.5, 0.6) is 5.75 Å². The third-order valence-corrected chi connectivity index (χ3v) is 3.53. The quantitative estimate of drug-likeness (QED) is 0.724. The lowest BCUT2D eigenvalue weighted by Crippen LogP contribution is -2.36. The number of esters is 1. The van der Waals surface area contributed by atoms with E-state index >= 15 is 0 Å². The van der Waals surface area contributed by atoms with Gasteiger partial charge in [-0.05, 0) is 31.2 Å². The number of carbonyl (C=O) groups excluding carboxylic acids is 3. The van der Waals surface area contributed by atoms with Crippen molar-refractivity contribution in [1.82, 2.24) is 5.32 Å². The van der Waals surface area contributed by atoms with Crippen LogP contribution in [0, 0.1) is 5.82 Å². The molecule has 0 aliphatic rings. The second kappa shape index (κ2) is 9.33. The standard InChI is InChI=1S/C19H19FN2O5/c1-12(18(24)22-13-6-5-7-14(10-13)26-2)27-17(23)11-21-19(25)15-8-3-4-9-16(15)20/h3-10,12H,11H2,1-2H3,(H,21,25)(H,22,24)/t12-/m0/s1. The van der Waals surface area contributed by atoms with Crippen molar-refractivity contribution in [3.8, 4) is 5.75 Å². The minimum Gasteiger partial charge on any atom is -0.497 e. The summed E-state index contributed by atoms with van der Waals surface area (Å²) < 4.78 is 23.5. The molecule has 8 heteroatoms. The number of ether oxygens (including phenoxy) is 2. The van der Waals surface area contributed by atoms with Gasteiger partial charge in [-0.2, -0.15) is 0 Å². The number of amides is 2. The smallest absolute Gasteiger partial charge is 0.326 e. The van der Waals surface area contributed by atoms with Crippen LogP contribution in [0.1, 0.15) is 17.3 Å². The van der Waals surface area contributed by atoms with E-state index < -0.39 is 36.2 Å². The van der Waals surface area contributed by atoms with Gasteiger partial charge in [0.2, 0.25) is 0 Å². The molecule has 2 amide bonds. The van der Waals surface area contributed by atoms with E-state index in [-0.39, 0.29) is 5.56 Å². The van der Waals surface area contributed by atoms with Gasteiger partial charge in [0, 0.05) is 11.8 Å². The lowest BCUT2D eigenvalue weighted by Gasteiger charge is -2.14. The molecule has 0 aromatic heterocycles. The van der Waals surface area contributed by atoms with E-state index in [1.54, 1.807) is 24.3 Å². The maximum absolute atomic E-state index is 13.5. The third kappa shape index (κ3) is 5.81. The summed E-state index contributed by atoms with van der Waals surface area (Å²) in [5.74, 6) is -2.26. The molecular weight excluding hydrogens is 355 g/mol. The summed E-state index contributed by atoms with van der Waals surface area (Å²) in [6.07, 6.45) is -1.09. The van der Waals surface area contributed by atoms with Crippen LogP contribution in [0.4, 0.5) is 10.1 Å². The van der Waals surface area contributed by atoms with Gasteiger partial charge in [-0.15, -0.1) is 0 Å². The van der Waals surface area contributed by atoms with Gasteiger partial charge >= 0.3 is 5.97 Å². The topological polar surface area (TPSA) is 93.7 Å². The molecule has 2 N–H and O–H groups in total. The minimum atomic E-state index is -1.09. The van der Waals surface area contributed by atoms with E-state index in [9.17, 15) is 18.8 Å². The summed E-state index contributed by atoms with van der Waals surface area (Å²) in [6.45, 7) is 0.899. The van der Waals surface area contributed by atoms with E-state index in [0.717, 1.165) is 6.07 Å². The van der Waals surface area contributed by atoms with Gasteiger partial charge in [-0.1, -0.05) is 18.2 Å². The lowest BCUT2D eigenvalue weighted by molar-refractivity contribution is -0.152. The van der Waals surface area contributed by atoms with Crippen molar-refractivity contribution in [1.29, 1.82) is 0 Å². The first-order chi connectivity index (χ1) is 12.9. The molecule has 0 heterocycles. The van der Waals surface area contributed by atoms with Crippen LogP contribution in [0.2, 0.25) is 0 Å². The van der Waals surface area contributed by atoms with Crippen LogP contribution >= 0.6 is 0 Å². The predicted octanol–water partition coefficient (Wildman–Crippen LogP) is 2.13. The number of carbonyl (C=O) groups is 3. The van der Waals surface area contributed by atoms with E-state index in [2.05, 4.69) is 10.6 Å². The summed E-state index contributed by atoms with van der Waals surface area (Å²) in [5, 5.41) is 4.83. The van der Waals surface area contributed by atoms with Gasteiger partial charge in [0.15, 0.2) is 6.10 Å². The Morgan fingerprint density at radius 1 is 1.11 bits per heavy atom. The average Bonchev–Trinajstić information content (AvgIpc) is 2.66. The first kappa shape index (κ1) is 19.9. The van der Waals surface area contributed by atoms with Gasteiger partial charge in [-0.3, -0.25) is 14.4 Å². The molecule has 27 heavy (non-hydrogen) atoms. The number of rotatable bonds is 7. The van der Waals surface area contributed by atoms with Crippen molar-refractivity contribution in [3.05, 3.63) is 59.9 Å². The predicted molar refractivity (Wildman–Crippen MR) is 95.9 cm³/mol. The van der Waals surface area contributed by atoms with Crippen LogP contribution in [-0.2, 0) is 14.3 Å². The molecule has 0 bridgehead atoms. The Labute approximate surface area is 155 Å². The van der Waals surface area contributed by atoms with E-state index in [1.807, 2.05) is 0 Å². The Morgan fingerprint density at radius 2 is 1.85 bits per heavy atom. The summed E-state index contributed by atoms with van der Waals surface area (Å²) in [5.41, 5.74) is 0.296. The maximum Gasteiger partial charge on any atom is 0.326 e. The molecule has 142 valence electrons. The molecule has 1 atom stereocenters. The SMILES string of the molecule is COc1cccc(NC(=O)[C@H](C)OC(=O)CNC(=O)c2ccccc2F)c1. The normalized spacial score (nSPS) is 11.2. The summed E-state index contributed by atoms with van der Waals surface area (Å²) >= 11 is 0. The summed E-state index contributed by atoms with van der Waals surface area (Å²) in [6, 6.07) is 12.1. The third-order valence-electron chi connectivity index (χ3n) is 3.53. The average molecular weight is 374 g/mol. The highest BCUT2D eigenvalue weighted by Gasteiger charge is 2.19. The Bertz CT molecular complexity index is 840. The molecule has 0 saturated heterocycles. The van der Waals surface area contributed by atoms with Crippen molar-refractivity contribution in [2.75, 3.05) is 19.0 Å². The Kier molecular flexibility index (Phi) is 6.87. The number of hydrogen-bond donors (Lipinski definition) is 2. The highest BCUT2D eigenvalue weighted by molar-refractivity contribution is 5.97. The molecule has 0 unspecified atom stereocenters. The minimum absolute atomic E-state index is 0.186. The number of halogens is 1. The highest BCUT2D eigenvalue weighted by Crippen LogP contribution is 2.17. The molecule has 0 aliphatic carbocycles. The van der Waals surface area contributed by atoms with Crippen molar-refractivity contribution >= 4 is 23.5 Å². The molecule has 7 nitrogen and oxygen atoms in total. The van der Waals surface area contributed by atoms with Gasteiger partial charge in [-0.25, -0.2) is 4.39 Å². The van der Waals surface area contributed by atoms with Gasteiger partial charge in [0.25, 0.3) is 11.8 Å². The van der Waals surface area contributed by atoms with Crippen LogP contribution in [-0.4, -0.2) is 37.5 Å². The number of nitrogens with one attached hydrogen (secondary N) is 2. The highest BCUT2D eigenvalue weighted by atomic mass is 19.1. The molecule has 0 fully saturated rings.